The fraction of sp³-hybridized carbons (Fsp3) is 0.250. The Kier molecular flexibility index (Phi) is 5.63. The van der Waals surface area contributed by atoms with Crippen molar-refractivity contribution in [2.75, 3.05) is 19.0 Å². The third kappa shape index (κ3) is 4.24. The molecular weight excluding hydrogens is 338 g/mol. The summed E-state index contributed by atoms with van der Waals surface area (Å²) in [6.07, 6.45) is 0. The highest BCUT2D eigenvalue weighted by molar-refractivity contribution is 7.12. The minimum atomic E-state index is -0.486. The van der Waals surface area contributed by atoms with Crippen LogP contribution in [-0.2, 0) is 9.53 Å². The van der Waals surface area contributed by atoms with Gasteiger partial charge in [-0.2, -0.15) is 0 Å². The standard InChI is InChI=1S/C16H16ClNO4S/c1-9-6-11(7-10(2)14(9)17)22-8-13(19)18-12-4-5-23-15(12)16(20)21-3/h4-7H,8H2,1-3H3,(H,18,19). The summed E-state index contributed by atoms with van der Waals surface area (Å²) in [5.41, 5.74) is 2.18. The molecular formula is C16H16ClNO4S. The summed E-state index contributed by atoms with van der Waals surface area (Å²) in [4.78, 5) is 23.9. The summed E-state index contributed by atoms with van der Waals surface area (Å²) in [5.74, 6) is -0.281. The first kappa shape index (κ1) is 17.3. The molecule has 23 heavy (non-hydrogen) atoms. The number of hydrogen-bond donors (Lipinski definition) is 1. The Morgan fingerprint density at radius 3 is 2.52 bits per heavy atom. The Balaban J connectivity index is 1.99. The highest BCUT2D eigenvalue weighted by Gasteiger charge is 2.16. The number of methoxy groups -OCH3 is 1. The molecule has 1 amide bonds. The number of nitrogens with one attached hydrogen (secondary N) is 1. The number of halogens is 1. The summed E-state index contributed by atoms with van der Waals surface area (Å²) in [5, 5.41) is 5.02. The number of anilines is 1. The van der Waals surface area contributed by atoms with E-state index in [2.05, 4.69) is 10.1 Å². The maximum absolute atomic E-state index is 12.0. The lowest BCUT2D eigenvalue weighted by Crippen LogP contribution is -2.21. The molecule has 0 radical (unpaired) electrons. The van der Waals surface area contributed by atoms with Gasteiger partial charge < -0.3 is 14.8 Å². The van der Waals surface area contributed by atoms with E-state index in [9.17, 15) is 9.59 Å². The van der Waals surface area contributed by atoms with Crippen LogP contribution in [0, 0.1) is 13.8 Å². The van der Waals surface area contributed by atoms with Crippen LogP contribution >= 0.6 is 22.9 Å². The smallest absolute Gasteiger partial charge is 0.350 e. The van der Waals surface area contributed by atoms with Gasteiger partial charge in [-0.15, -0.1) is 11.3 Å². The minimum Gasteiger partial charge on any atom is -0.484 e. The number of thiophene rings is 1. The van der Waals surface area contributed by atoms with Gasteiger partial charge in [0.15, 0.2) is 6.61 Å². The van der Waals surface area contributed by atoms with Crippen molar-refractivity contribution in [1.82, 2.24) is 0 Å². The van der Waals surface area contributed by atoms with E-state index in [1.54, 1.807) is 23.6 Å². The Hall–Kier alpha value is -2.05. The molecule has 0 fully saturated rings. The Morgan fingerprint density at radius 2 is 1.91 bits per heavy atom. The second-order valence-corrected chi connectivity index (χ2v) is 6.16. The quantitative estimate of drug-likeness (QED) is 0.830. The lowest BCUT2D eigenvalue weighted by Gasteiger charge is -2.10. The third-order valence-corrected chi connectivity index (χ3v) is 4.58. The van der Waals surface area contributed by atoms with Gasteiger partial charge in [-0.05, 0) is 48.6 Å². The molecule has 0 saturated heterocycles. The van der Waals surface area contributed by atoms with E-state index in [-0.39, 0.29) is 12.5 Å². The first-order chi connectivity index (χ1) is 10.9. The predicted octanol–water partition coefficient (Wildman–Crippen LogP) is 3.82. The highest BCUT2D eigenvalue weighted by atomic mass is 35.5. The molecule has 1 N–H and O–H groups in total. The van der Waals surface area contributed by atoms with E-state index in [1.807, 2.05) is 13.8 Å². The van der Waals surface area contributed by atoms with E-state index in [0.29, 0.717) is 21.3 Å². The second kappa shape index (κ2) is 7.48. The Labute approximate surface area is 143 Å². The van der Waals surface area contributed by atoms with E-state index >= 15 is 0 Å². The van der Waals surface area contributed by atoms with Crippen molar-refractivity contribution >= 4 is 40.5 Å². The molecule has 7 heteroatoms. The van der Waals surface area contributed by atoms with Gasteiger partial charge in [-0.3, -0.25) is 4.79 Å². The predicted molar refractivity (Wildman–Crippen MR) is 90.7 cm³/mol. The minimum absolute atomic E-state index is 0.170. The number of rotatable bonds is 5. The maximum Gasteiger partial charge on any atom is 0.350 e. The van der Waals surface area contributed by atoms with Crippen molar-refractivity contribution in [2.24, 2.45) is 0 Å². The van der Waals surface area contributed by atoms with Crippen LogP contribution in [0.25, 0.3) is 0 Å². The summed E-state index contributed by atoms with van der Waals surface area (Å²) < 4.78 is 10.1. The second-order valence-electron chi connectivity index (χ2n) is 4.86. The zero-order chi connectivity index (χ0) is 17.0. The van der Waals surface area contributed by atoms with Crippen LogP contribution in [0.2, 0.25) is 5.02 Å². The van der Waals surface area contributed by atoms with Crippen molar-refractivity contribution in [3.05, 3.63) is 44.6 Å². The van der Waals surface area contributed by atoms with E-state index in [1.165, 1.54) is 18.4 Å². The number of carbonyl (C=O) groups is 2. The lowest BCUT2D eigenvalue weighted by atomic mass is 10.1. The summed E-state index contributed by atoms with van der Waals surface area (Å²) >= 11 is 7.29. The molecule has 0 bridgehead atoms. The molecule has 0 unspecified atom stereocenters. The number of amides is 1. The Bertz CT molecular complexity index is 718. The normalized spacial score (nSPS) is 10.3. The molecule has 2 aromatic rings. The fourth-order valence-corrected chi connectivity index (χ4v) is 2.86. The first-order valence-electron chi connectivity index (χ1n) is 6.77. The highest BCUT2D eigenvalue weighted by Crippen LogP contribution is 2.26. The Morgan fingerprint density at radius 1 is 1.26 bits per heavy atom. The third-order valence-electron chi connectivity index (χ3n) is 3.09. The maximum atomic E-state index is 12.0. The molecule has 0 atom stereocenters. The number of hydrogen-bond acceptors (Lipinski definition) is 5. The van der Waals surface area contributed by atoms with Gasteiger partial charge in [0.25, 0.3) is 5.91 Å². The first-order valence-corrected chi connectivity index (χ1v) is 8.03. The number of ether oxygens (including phenoxy) is 2. The van der Waals surface area contributed by atoms with Crippen LogP contribution < -0.4 is 10.1 Å². The molecule has 0 aliphatic carbocycles. The number of carbonyl (C=O) groups excluding carboxylic acids is 2. The zero-order valence-corrected chi connectivity index (χ0v) is 14.5. The SMILES string of the molecule is COC(=O)c1sccc1NC(=O)COc1cc(C)c(Cl)c(C)c1. The van der Waals surface area contributed by atoms with Gasteiger partial charge in [0.05, 0.1) is 12.8 Å². The van der Waals surface area contributed by atoms with Crippen LogP contribution in [0.15, 0.2) is 23.6 Å². The molecule has 0 saturated carbocycles. The van der Waals surface area contributed by atoms with Gasteiger partial charge in [-0.1, -0.05) is 11.6 Å². The van der Waals surface area contributed by atoms with Crippen molar-refractivity contribution in [3.8, 4) is 5.75 Å². The average molecular weight is 354 g/mol. The summed E-state index contributed by atoms with van der Waals surface area (Å²) in [6.45, 7) is 3.57. The van der Waals surface area contributed by atoms with Crippen LogP contribution in [0.3, 0.4) is 0 Å². The van der Waals surface area contributed by atoms with E-state index in [4.69, 9.17) is 16.3 Å². The molecule has 0 aliphatic heterocycles. The fourth-order valence-electron chi connectivity index (χ4n) is 1.98. The molecule has 0 aliphatic rings. The number of benzene rings is 1. The van der Waals surface area contributed by atoms with Crippen LogP contribution in [0.4, 0.5) is 5.69 Å². The monoisotopic (exact) mass is 353 g/mol. The van der Waals surface area contributed by atoms with Crippen molar-refractivity contribution in [1.29, 1.82) is 0 Å². The largest absolute Gasteiger partial charge is 0.484 e. The van der Waals surface area contributed by atoms with Crippen LogP contribution in [0.5, 0.6) is 5.75 Å². The van der Waals surface area contributed by atoms with E-state index in [0.717, 1.165) is 11.1 Å². The lowest BCUT2D eigenvalue weighted by molar-refractivity contribution is -0.118. The van der Waals surface area contributed by atoms with Gasteiger partial charge in [0.1, 0.15) is 10.6 Å². The van der Waals surface area contributed by atoms with Crippen molar-refractivity contribution in [2.45, 2.75) is 13.8 Å². The van der Waals surface area contributed by atoms with Gasteiger partial charge in [-0.25, -0.2) is 4.79 Å². The number of aryl methyl sites for hydroxylation is 2. The van der Waals surface area contributed by atoms with Crippen molar-refractivity contribution < 1.29 is 19.1 Å². The summed E-state index contributed by atoms with van der Waals surface area (Å²) in [7, 11) is 1.29. The van der Waals surface area contributed by atoms with Gasteiger partial charge in [0.2, 0.25) is 0 Å². The van der Waals surface area contributed by atoms with Gasteiger partial charge >= 0.3 is 5.97 Å². The molecule has 2 rings (SSSR count). The van der Waals surface area contributed by atoms with Crippen molar-refractivity contribution in [3.63, 3.8) is 0 Å². The topological polar surface area (TPSA) is 64.6 Å². The molecule has 5 nitrogen and oxygen atoms in total. The van der Waals surface area contributed by atoms with Gasteiger partial charge in [0, 0.05) is 5.02 Å². The number of esters is 1. The van der Waals surface area contributed by atoms with Crippen LogP contribution in [-0.4, -0.2) is 25.6 Å². The van der Waals surface area contributed by atoms with Crippen LogP contribution in [0.1, 0.15) is 20.8 Å². The molecule has 1 heterocycles. The summed E-state index contributed by atoms with van der Waals surface area (Å²) in [6, 6.07) is 5.19. The average Bonchev–Trinajstić information content (AvgIpc) is 2.97. The molecule has 1 aromatic heterocycles. The zero-order valence-electron chi connectivity index (χ0n) is 12.9. The molecule has 122 valence electrons. The molecule has 0 spiro atoms. The van der Waals surface area contributed by atoms with E-state index < -0.39 is 5.97 Å². The molecule has 1 aromatic carbocycles.